The molecule has 0 saturated heterocycles. The van der Waals surface area contributed by atoms with Crippen LogP contribution in [-0.2, 0) is 10.8 Å². The molecule has 0 fully saturated rings. The highest BCUT2D eigenvalue weighted by Gasteiger charge is 2.18. The number of halogens is 1. The first-order valence-corrected chi connectivity index (χ1v) is 10.8. The van der Waals surface area contributed by atoms with Crippen LogP contribution in [0.5, 0.6) is 5.75 Å². The lowest BCUT2D eigenvalue weighted by atomic mass is 10.1. The Bertz CT molecular complexity index is 616. The number of guanidine groups is 1. The zero-order valence-electron chi connectivity index (χ0n) is 17.8. The van der Waals surface area contributed by atoms with Gasteiger partial charge in [0.05, 0.1) is 18.8 Å². The minimum atomic E-state index is -0.913. The van der Waals surface area contributed by atoms with Crippen molar-refractivity contribution in [1.82, 2.24) is 10.6 Å². The normalized spacial score (nSPS) is 14.2. The van der Waals surface area contributed by atoms with E-state index in [1.807, 2.05) is 65.8 Å². The molecular weight excluding hydrogens is 489 g/mol. The summed E-state index contributed by atoms with van der Waals surface area (Å²) in [6, 6.07) is 7.41. The van der Waals surface area contributed by atoms with Gasteiger partial charge in [0.2, 0.25) is 0 Å². The van der Waals surface area contributed by atoms with E-state index >= 15 is 0 Å². The molecule has 3 N–H and O–H groups in total. The molecule has 0 aliphatic heterocycles. The molecule has 8 heteroatoms. The zero-order valence-corrected chi connectivity index (χ0v) is 21.0. The molecule has 0 heterocycles. The van der Waals surface area contributed by atoms with E-state index in [4.69, 9.17) is 4.74 Å². The van der Waals surface area contributed by atoms with Crippen molar-refractivity contribution in [3.8, 4) is 5.75 Å². The van der Waals surface area contributed by atoms with Crippen LogP contribution in [0.4, 0.5) is 0 Å². The Morgan fingerprint density at radius 3 is 2.32 bits per heavy atom. The highest BCUT2D eigenvalue weighted by molar-refractivity contribution is 14.0. The summed E-state index contributed by atoms with van der Waals surface area (Å²) in [6.45, 7) is 13.4. The van der Waals surface area contributed by atoms with Crippen molar-refractivity contribution in [2.24, 2.45) is 4.99 Å². The maximum absolute atomic E-state index is 12.1. The first-order valence-electron chi connectivity index (χ1n) is 9.48. The van der Waals surface area contributed by atoms with Crippen LogP contribution in [0.25, 0.3) is 0 Å². The highest BCUT2D eigenvalue weighted by atomic mass is 127. The lowest BCUT2D eigenvalue weighted by Crippen LogP contribution is -2.40. The predicted octanol–water partition coefficient (Wildman–Crippen LogP) is 3.23. The summed E-state index contributed by atoms with van der Waals surface area (Å²) in [4.78, 5) is 4.43. The molecule has 6 nitrogen and oxygen atoms in total. The SMILES string of the molecule is CCNC(=NCC(O)c1ccc(OC(C)C)cc1)NCCS(=O)C(C)(C)C.I. The van der Waals surface area contributed by atoms with Gasteiger partial charge in [0.25, 0.3) is 0 Å². The molecule has 1 aromatic carbocycles. The van der Waals surface area contributed by atoms with Gasteiger partial charge in [0.15, 0.2) is 5.96 Å². The third-order valence-corrected chi connectivity index (χ3v) is 5.61. The molecule has 28 heavy (non-hydrogen) atoms. The number of nitrogens with zero attached hydrogens (tertiary/aromatic N) is 1. The molecule has 162 valence electrons. The standard InChI is InChI=1S/C20H35N3O3S.HI/c1-7-21-19(22-12-13-27(25)20(4,5)6)23-14-18(24)16-8-10-17(11-9-16)26-15(2)3;/h8-11,15,18,24H,7,12-14H2,1-6H3,(H2,21,22,23);1H. The average molecular weight is 525 g/mol. The quantitative estimate of drug-likeness (QED) is 0.262. The number of aliphatic hydroxyl groups excluding tert-OH is 1. The molecule has 0 aliphatic carbocycles. The largest absolute Gasteiger partial charge is 0.491 e. The minimum absolute atomic E-state index is 0. The fourth-order valence-electron chi connectivity index (χ4n) is 2.23. The lowest BCUT2D eigenvalue weighted by molar-refractivity contribution is 0.186. The number of benzene rings is 1. The van der Waals surface area contributed by atoms with Crippen molar-refractivity contribution >= 4 is 40.7 Å². The van der Waals surface area contributed by atoms with Crippen LogP contribution < -0.4 is 15.4 Å². The topological polar surface area (TPSA) is 83.0 Å². The number of hydrogen-bond acceptors (Lipinski definition) is 4. The van der Waals surface area contributed by atoms with Crippen molar-refractivity contribution < 1.29 is 14.1 Å². The van der Waals surface area contributed by atoms with Gasteiger partial charge in [-0.2, -0.15) is 0 Å². The maximum Gasteiger partial charge on any atom is 0.191 e. The van der Waals surface area contributed by atoms with Gasteiger partial charge in [0.1, 0.15) is 5.75 Å². The summed E-state index contributed by atoms with van der Waals surface area (Å²) in [5.74, 6) is 1.95. The van der Waals surface area contributed by atoms with Crippen LogP contribution in [-0.4, -0.2) is 51.5 Å². The van der Waals surface area contributed by atoms with Gasteiger partial charge in [0, 0.05) is 34.4 Å². The Labute approximate surface area is 189 Å². The number of aliphatic imine (C=N–C) groups is 1. The smallest absolute Gasteiger partial charge is 0.191 e. The van der Waals surface area contributed by atoms with Crippen LogP contribution in [0.2, 0.25) is 0 Å². The summed E-state index contributed by atoms with van der Waals surface area (Å²) >= 11 is 0. The summed E-state index contributed by atoms with van der Waals surface area (Å²) in [7, 11) is -0.913. The monoisotopic (exact) mass is 525 g/mol. The zero-order chi connectivity index (χ0) is 20.4. The third kappa shape index (κ3) is 10.6. The Balaban J connectivity index is 0.00000729. The molecule has 0 amide bonds. The van der Waals surface area contributed by atoms with Gasteiger partial charge in [-0.25, -0.2) is 0 Å². The molecule has 0 aliphatic rings. The second-order valence-corrected chi connectivity index (χ2v) is 9.88. The Hall–Kier alpha value is -0.870. The van der Waals surface area contributed by atoms with E-state index in [1.54, 1.807) is 0 Å². The van der Waals surface area contributed by atoms with E-state index in [2.05, 4.69) is 15.6 Å². The van der Waals surface area contributed by atoms with E-state index in [1.165, 1.54) is 0 Å². The van der Waals surface area contributed by atoms with Crippen molar-refractivity contribution in [1.29, 1.82) is 0 Å². The molecule has 0 radical (unpaired) electrons. The van der Waals surface area contributed by atoms with Crippen LogP contribution in [0.3, 0.4) is 0 Å². The summed E-state index contributed by atoms with van der Waals surface area (Å²) in [6.07, 6.45) is -0.580. The van der Waals surface area contributed by atoms with Gasteiger partial charge in [-0.3, -0.25) is 9.20 Å². The van der Waals surface area contributed by atoms with E-state index in [-0.39, 0.29) is 41.4 Å². The number of rotatable bonds is 9. The lowest BCUT2D eigenvalue weighted by Gasteiger charge is -2.18. The second kappa shape index (κ2) is 13.4. The summed E-state index contributed by atoms with van der Waals surface area (Å²) < 4.78 is 17.5. The highest BCUT2D eigenvalue weighted by Crippen LogP contribution is 2.19. The van der Waals surface area contributed by atoms with Crippen molar-refractivity contribution in [2.75, 3.05) is 25.4 Å². The van der Waals surface area contributed by atoms with Crippen molar-refractivity contribution in [3.63, 3.8) is 0 Å². The summed E-state index contributed by atoms with van der Waals surface area (Å²) in [5, 5.41) is 16.7. The number of hydrogen-bond donors (Lipinski definition) is 3. The van der Waals surface area contributed by atoms with E-state index in [9.17, 15) is 9.32 Å². The van der Waals surface area contributed by atoms with Crippen LogP contribution >= 0.6 is 24.0 Å². The van der Waals surface area contributed by atoms with Crippen LogP contribution in [0, 0.1) is 0 Å². The Morgan fingerprint density at radius 2 is 1.82 bits per heavy atom. The molecular formula is C20H36IN3O3S. The van der Waals surface area contributed by atoms with Crippen molar-refractivity contribution in [3.05, 3.63) is 29.8 Å². The molecule has 2 unspecified atom stereocenters. The van der Waals surface area contributed by atoms with E-state index in [0.717, 1.165) is 11.3 Å². The first-order chi connectivity index (χ1) is 12.6. The first kappa shape index (κ1) is 27.1. The second-order valence-electron chi connectivity index (χ2n) is 7.56. The van der Waals surface area contributed by atoms with Crippen LogP contribution in [0.15, 0.2) is 29.3 Å². The Kier molecular flexibility index (Phi) is 13.0. The molecule has 2 atom stereocenters. The van der Waals surface area contributed by atoms with Gasteiger partial charge in [-0.05, 0) is 59.2 Å². The molecule has 0 saturated carbocycles. The van der Waals surface area contributed by atoms with Gasteiger partial charge in [-0.1, -0.05) is 12.1 Å². The molecule has 0 aromatic heterocycles. The fraction of sp³-hybridized carbons (Fsp3) is 0.650. The molecule has 0 bridgehead atoms. The van der Waals surface area contributed by atoms with Crippen molar-refractivity contribution in [2.45, 2.75) is 58.5 Å². The van der Waals surface area contributed by atoms with E-state index < -0.39 is 16.9 Å². The summed E-state index contributed by atoms with van der Waals surface area (Å²) in [5.41, 5.74) is 0.791. The molecule has 1 aromatic rings. The average Bonchev–Trinajstić information content (AvgIpc) is 2.58. The van der Waals surface area contributed by atoms with Gasteiger partial charge in [-0.15, -0.1) is 24.0 Å². The van der Waals surface area contributed by atoms with E-state index in [0.29, 0.717) is 24.8 Å². The van der Waals surface area contributed by atoms with Gasteiger partial charge < -0.3 is 20.5 Å². The molecule has 1 rings (SSSR count). The Morgan fingerprint density at radius 1 is 1.21 bits per heavy atom. The number of nitrogens with one attached hydrogen (secondary N) is 2. The molecule has 0 spiro atoms. The van der Waals surface area contributed by atoms with Crippen LogP contribution in [0.1, 0.15) is 53.2 Å². The number of aliphatic hydroxyl groups is 1. The minimum Gasteiger partial charge on any atom is -0.491 e. The maximum atomic E-state index is 12.1. The number of ether oxygens (including phenoxy) is 1. The third-order valence-electron chi connectivity index (χ3n) is 3.67. The fourth-order valence-corrected chi connectivity index (χ4v) is 3.13. The predicted molar refractivity (Wildman–Crippen MR) is 129 cm³/mol. The van der Waals surface area contributed by atoms with Gasteiger partial charge >= 0.3 is 0 Å².